The third kappa shape index (κ3) is 5.15. The molecule has 136 valence electrons. The molecule has 24 heavy (non-hydrogen) atoms. The predicted molar refractivity (Wildman–Crippen MR) is 93.3 cm³/mol. The summed E-state index contributed by atoms with van der Waals surface area (Å²) in [5.74, 6) is -0.353. The molecule has 1 unspecified atom stereocenters. The topological polar surface area (TPSA) is 102 Å². The van der Waals surface area contributed by atoms with Gasteiger partial charge < -0.3 is 15.8 Å². The Morgan fingerprint density at radius 1 is 1.29 bits per heavy atom. The number of ether oxygens (including phenoxy) is 1. The van der Waals surface area contributed by atoms with Crippen LogP contribution in [0.25, 0.3) is 0 Å². The predicted octanol–water partition coefficient (Wildman–Crippen LogP) is 0.340. The SMILES string of the molecule is CC(CN)C(=O)NCc1ccc(S(=O)(=O)N2CCOCC2)cc1.Cl. The second kappa shape index (κ2) is 9.33. The average molecular weight is 378 g/mol. The van der Waals surface area contributed by atoms with Crippen LogP contribution in [0.15, 0.2) is 29.2 Å². The number of amides is 1. The van der Waals surface area contributed by atoms with Gasteiger partial charge in [0.2, 0.25) is 15.9 Å². The summed E-state index contributed by atoms with van der Waals surface area (Å²) in [5.41, 5.74) is 6.28. The molecule has 0 spiro atoms. The minimum absolute atomic E-state index is 0. The van der Waals surface area contributed by atoms with Crippen molar-refractivity contribution in [2.24, 2.45) is 11.7 Å². The van der Waals surface area contributed by atoms with Crippen LogP contribution in [0.4, 0.5) is 0 Å². The summed E-state index contributed by atoms with van der Waals surface area (Å²) >= 11 is 0. The van der Waals surface area contributed by atoms with E-state index in [0.717, 1.165) is 5.56 Å². The zero-order valence-electron chi connectivity index (χ0n) is 13.6. The van der Waals surface area contributed by atoms with Crippen molar-refractivity contribution in [1.82, 2.24) is 9.62 Å². The van der Waals surface area contributed by atoms with Crippen LogP contribution >= 0.6 is 12.4 Å². The van der Waals surface area contributed by atoms with Gasteiger partial charge in [-0.15, -0.1) is 12.4 Å². The van der Waals surface area contributed by atoms with Crippen molar-refractivity contribution in [2.75, 3.05) is 32.8 Å². The molecule has 0 saturated carbocycles. The van der Waals surface area contributed by atoms with Gasteiger partial charge in [0.25, 0.3) is 0 Å². The number of carbonyl (C=O) groups is 1. The van der Waals surface area contributed by atoms with Crippen LogP contribution in [0.5, 0.6) is 0 Å². The lowest BCUT2D eigenvalue weighted by molar-refractivity contribution is -0.124. The zero-order chi connectivity index (χ0) is 16.9. The van der Waals surface area contributed by atoms with Crippen LogP contribution < -0.4 is 11.1 Å². The van der Waals surface area contributed by atoms with Crippen LogP contribution in [-0.4, -0.2) is 51.5 Å². The lowest BCUT2D eigenvalue weighted by atomic mass is 10.1. The summed E-state index contributed by atoms with van der Waals surface area (Å²) < 4.78 is 31.6. The van der Waals surface area contributed by atoms with Crippen molar-refractivity contribution in [3.05, 3.63) is 29.8 Å². The van der Waals surface area contributed by atoms with Gasteiger partial charge in [-0.1, -0.05) is 19.1 Å². The highest BCUT2D eigenvalue weighted by Crippen LogP contribution is 2.17. The largest absolute Gasteiger partial charge is 0.379 e. The Bertz CT molecular complexity index is 631. The first-order valence-electron chi connectivity index (χ1n) is 7.59. The number of benzene rings is 1. The number of halogens is 1. The zero-order valence-corrected chi connectivity index (χ0v) is 15.2. The van der Waals surface area contributed by atoms with E-state index in [-0.39, 0.29) is 29.1 Å². The summed E-state index contributed by atoms with van der Waals surface area (Å²) in [6.07, 6.45) is 0. The number of rotatable bonds is 6. The minimum atomic E-state index is -3.48. The Kier molecular flexibility index (Phi) is 8.11. The van der Waals surface area contributed by atoms with E-state index in [1.165, 1.54) is 4.31 Å². The Balaban J connectivity index is 0.00000288. The Hall–Kier alpha value is -1.19. The van der Waals surface area contributed by atoms with E-state index in [1.54, 1.807) is 31.2 Å². The fraction of sp³-hybridized carbons (Fsp3) is 0.533. The van der Waals surface area contributed by atoms with Crippen LogP contribution in [0.3, 0.4) is 0 Å². The standard InChI is InChI=1S/C15H23N3O4S.ClH/c1-12(10-16)15(19)17-11-13-2-4-14(5-3-13)23(20,21)18-6-8-22-9-7-18;/h2-5,12H,6-11,16H2,1H3,(H,17,19);1H. The molecular weight excluding hydrogens is 354 g/mol. The number of sulfonamides is 1. The van der Waals surface area contributed by atoms with Gasteiger partial charge in [-0.25, -0.2) is 8.42 Å². The normalized spacial score (nSPS) is 16.9. The average Bonchev–Trinajstić information content (AvgIpc) is 2.60. The summed E-state index contributed by atoms with van der Waals surface area (Å²) in [6, 6.07) is 6.55. The molecule has 1 aromatic carbocycles. The molecule has 1 amide bonds. The molecule has 1 aromatic rings. The monoisotopic (exact) mass is 377 g/mol. The number of nitrogens with two attached hydrogens (primary N) is 1. The van der Waals surface area contributed by atoms with Crippen LogP contribution in [0.1, 0.15) is 12.5 Å². The summed E-state index contributed by atoms with van der Waals surface area (Å²) in [5, 5.41) is 2.78. The van der Waals surface area contributed by atoms with Crippen LogP contribution in [0.2, 0.25) is 0 Å². The second-order valence-electron chi connectivity index (χ2n) is 5.51. The Morgan fingerprint density at radius 3 is 2.42 bits per heavy atom. The Morgan fingerprint density at radius 2 is 1.88 bits per heavy atom. The van der Waals surface area contributed by atoms with Crippen molar-refractivity contribution in [3.63, 3.8) is 0 Å². The first-order chi connectivity index (χ1) is 10.9. The minimum Gasteiger partial charge on any atom is -0.379 e. The van der Waals surface area contributed by atoms with E-state index in [2.05, 4.69) is 5.32 Å². The lowest BCUT2D eigenvalue weighted by Crippen LogP contribution is -2.40. The molecule has 3 N–H and O–H groups in total. The molecule has 1 saturated heterocycles. The van der Waals surface area contributed by atoms with E-state index in [4.69, 9.17) is 10.5 Å². The number of hydrogen-bond acceptors (Lipinski definition) is 5. The van der Waals surface area contributed by atoms with Gasteiger partial charge >= 0.3 is 0 Å². The van der Waals surface area contributed by atoms with Crippen LogP contribution in [-0.2, 0) is 26.1 Å². The third-order valence-electron chi connectivity index (χ3n) is 3.80. The van der Waals surface area contributed by atoms with Gasteiger partial charge in [0, 0.05) is 32.1 Å². The molecule has 0 bridgehead atoms. The molecule has 0 aromatic heterocycles. The first-order valence-corrected chi connectivity index (χ1v) is 9.04. The molecule has 0 radical (unpaired) electrons. The number of hydrogen-bond donors (Lipinski definition) is 2. The summed E-state index contributed by atoms with van der Waals surface area (Å²) in [6.45, 7) is 3.98. The molecule has 1 atom stereocenters. The van der Waals surface area contributed by atoms with Gasteiger partial charge in [0.1, 0.15) is 0 Å². The van der Waals surface area contributed by atoms with Gasteiger partial charge in [0.05, 0.1) is 18.1 Å². The molecule has 7 nitrogen and oxygen atoms in total. The molecule has 2 rings (SSSR count). The smallest absolute Gasteiger partial charge is 0.243 e. The maximum Gasteiger partial charge on any atom is 0.243 e. The van der Waals surface area contributed by atoms with Crippen molar-refractivity contribution in [2.45, 2.75) is 18.4 Å². The fourth-order valence-corrected chi connectivity index (χ4v) is 3.59. The molecule has 1 aliphatic rings. The highest BCUT2D eigenvalue weighted by Gasteiger charge is 2.26. The van der Waals surface area contributed by atoms with Gasteiger partial charge in [-0.3, -0.25) is 4.79 Å². The van der Waals surface area contributed by atoms with E-state index in [1.807, 2.05) is 0 Å². The highest BCUT2D eigenvalue weighted by molar-refractivity contribution is 7.89. The third-order valence-corrected chi connectivity index (χ3v) is 5.71. The van der Waals surface area contributed by atoms with Crippen LogP contribution in [0, 0.1) is 5.92 Å². The molecule has 0 aliphatic carbocycles. The van der Waals surface area contributed by atoms with Crippen molar-refractivity contribution < 1.29 is 17.9 Å². The van der Waals surface area contributed by atoms with E-state index in [0.29, 0.717) is 39.4 Å². The Labute approximate surface area is 149 Å². The second-order valence-corrected chi connectivity index (χ2v) is 7.45. The van der Waals surface area contributed by atoms with E-state index < -0.39 is 10.0 Å². The molecule has 9 heteroatoms. The summed E-state index contributed by atoms with van der Waals surface area (Å²) in [4.78, 5) is 11.9. The van der Waals surface area contributed by atoms with Gasteiger partial charge in [-0.05, 0) is 17.7 Å². The highest BCUT2D eigenvalue weighted by atomic mass is 35.5. The van der Waals surface area contributed by atoms with Gasteiger partial charge in [0.15, 0.2) is 0 Å². The lowest BCUT2D eigenvalue weighted by Gasteiger charge is -2.26. The number of nitrogens with one attached hydrogen (secondary N) is 1. The van der Waals surface area contributed by atoms with Crippen molar-refractivity contribution in [3.8, 4) is 0 Å². The maximum absolute atomic E-state index is 12.5. The number of carbonyl (C=O) groups excluding carboxylic acids is 1. The molecular formula is C15H24ClN3O4S. The van der Waals surface area contributed by atoms with Crippen molar-refractivity contribution >= 4 is 28.3 Å². The number of nitrogens with zero attached hydrogens (tertiary/aromatic N) is 1. The van der Waals surface area contributed by atoms with E-state index in [9.17, 15) is 13.2 Å². The number of morpholine rings is 1. The maximum atomic E-state index is 12.5. The fourth-order valence-electron chi connectivity index (χ4n) is 2.19. The quantitative estimate of drug-likeness (QED) is 0.744. The van der Waals surface area contributed by atoms with Gasteiger partial charge in [-0.2, -0.15) is 4.31 Å². The van der Waals surface area contributed by atoms with Crippen molar-refractivity contribution in [1.29, 1.82) is 0 Å². The van der Waals surface area contributed by atoms with E-state index >= 15 is 0 Å². The summed E-state index contributed by atoms with van der Waals surface area (Å²) in [7, 11) is -3.48. The molecule has 1 fully saturated rings. The molecule has 1 heterocycles. The first kappa shape index (κ1) is 20.9. The molecule has 1 aliphatic heterocycles.